The minimum Gasteiger partial charge on any atom is -0.497 e. The topological polar surface area (TPSA) is 65.0 Å². The van der Waals surface area contributed by atoms with Crippen LogP contribution in [0.4, 0.5) is 0 Å². The number of H-pyrrole nitrogens is 1. The molecule has 5 rings (SSSR count). The predicted molar refractivity (Wildman–Crippen MR) is 104 cm³/mol. The Kier molecular flexibility index (Phi) is 4.12. The van der Waals surface area contributed by atoms with Crippen LogP contribution in [-0.2, 0) is 20.7 Å². The van der Waals surface area contributed by atoms with Gasteiger partial charge in [-0.15, -0.1) is 0 Å². The van der Waals surface area contributed by atoms with Gasteiger partial charge in [-0.3, -0.25) is 4.79 Å². The van der Waals surface area contributed by atoms with Crippen LogP contribution in [0.1, 0.15) is 37.6 Å². The highest BCUT2D eigenvalue weighted by atomic mass is 16.6. The van der Waals surface area contributed by atoms with Crippen molar-refractivity contribution in [3.8, 4) is 5.75 Å². The summed E-state index contributed by atoms with van der Waals surface area (Å²) < 4.78 is 16.7. The molecule has 3 aliphatic heterocycles. The normalized spacial score (nSPS) is 31.1. The maximum absolute atomic E-state index is 11.6. The zero-order valence-corrected chi connectivity index (χ0v) is 16.6. The van der Waals surface area contributed by atoms with Crippen molar-refractivity contribution < 1.29 is 23.9 Å². The SMILES string of the molecule is COc1ccc2c3c([nH]c2c1)[C@@H]1C[C@@H]2C(OC(C)=O)=CO[C@H](C)[C@@H]2C[NH+]1CC3. The molecule has 4 heterocycles. The molecule has 2 N–H and O–H groups in total. The van der Waals surface area contributed by atoms with Crippen molar-refractivity contribution in [3.05, 3.63) is 41.5 Å². The van der Waals surface area contributed by atoms with Gasteiger partial charge in [0.25, 0.3) is 0 Å². The lowest BCUT2D eigenvalue weighted by molar-refractivity contribution is -0.945. The fourth-order valence-corrected chi connectivity index (χ4v) is 5.46. The third-order valence-electron chi connectivity index (χ3n) is 6.82. The molecule has 1 aromatic heterocycles. The Labute approximate surface area is 164 Å². The van der Waals surface area contributed by atoms with Gasteiger partial charge in [-0.05, 0) is 24.6 Å². The molecular formula is C22H27N2O4+. The Morgan fingerprint density at radius 2 is 2.21 bits per heavy atom. The molecule has 0 aliphatic carbocycles. The average Bonchev–Trinajstić information content (AvgIpc) is 3.07. The standard InChI is InChI=1S/C22H26N2O4/c1-12-18-10-24-7-6-16-15-5-4-14(26-3)8-19(15)23-22(16)20(24)9-17(18)21(11-27-12)28-13(2)25/h4-5,8,11-12,17-18,20,23H,6-7,9-10H2,1-3H3/p+1/t12-,17+,18+,20+/m1/s1. The smallest absolute Gasteiger partial charge is 0.307 e. The van der Waals surface area contributed by atoms with Crippen LogP contribution in [0.15, 0.2) is 30.2 Å². The minimum absolute atomic E-state index is 0.145. The highest BCUT2D eigenvalue weighted by Crippen LogP contribution is 2.41. The van der Waals surface area contributed by atoms with Crippen LogP contribution in [0.25, 0.3) is 10.9 Å². The molecule has 5 atom stereocenters. The second-order valence-corrected chi connectivity index (χ2v) is 8.30. The number of methoxy groups -OCH3 is 1. The van der Waals surface area contributed by atoms with Crippen LogP contribution >= 0.6 is 0 Å². The molecule has 3 aliphatic rings. The van der Waals surface area contributed by atoms with Gasteiger partial charge < -0.3 is 24.1 Å². The molecule has 0 bridgehead atoms. The minimum atomic E-state index is -0.278. The van der Waals surface area contributed by atoms with Crippen molar-refractivity contribution in [3.63, 3.8) is 0 Å². The number of ether oxygens (including phenoxy) is 3. The molecule has 6 heteroatoms. The largest absolute Gasteiger partial charge is 0.497 e. The van der Waals surface area contributed by atoms with Crippen molar-refractivity contribution >= 4 is 16.9 Å². The van der Waals surface area contributed by atoms with E-state index in [2.05, 4.69) is 24.0 Å². The van der Waals surface area contributed by atoms with Crippen LogP contribution in [0, 0.1) is 11.8 Å². The number of quaternary nitrogens is 1. The van der Waals surface area contributed by atoms with Gasteiger partial charge >= 0.3 is 5.97 Å². The number of carbonyl (C=O) groups excluding carboxylic acids is 1. The summed E-state index contributed by atoms with van der Waals surface area (Å²) in [4.78, 5) is 16.9. The van der Waals surface area contributed by atoms with Gasteiger partial charge in [0.2, 0.25) is 0 Å². The lowest BCUT2D eigenvalue weighted by Gasteiger charge is -2.46. The summed E-state index contributed by atoms with van der Waals surface area (Å²) in [6, 6.07) is 6.67. The number of esters is 1. The lowest BCUT2D eigenvalue weighted by Crippen LogP contribution is -3.15. The summed E-state index contributed by atoms with van der Waals surface area (Å²) in [5, 5.41) is 1.30. The monoisotopic (exact) mass is 383 g/mol. The zero-order chi connectivity index (χ0) is 19.4. The molecule has 1 unspecified atom stereocenters. The van der Waals surface area contributed by atoms with Crippen molar-refractivity contribution in [2.75, 3.05) is 20.2 Å². The van der Waals surface area contributed by atoms with Gasteiger partial charge in [-0.25, -0.2) is 0 Å². The second-order valence-electron chi connectivity index (χ2n) is 8.30. The number of aromatic nitrogens is 1. The van der Waals surface area contributed by atoms with Gasteiger partial charge in [-0.1, -0.05) is 0 Å². The number of rotatable bonds is 2. The number of carbonyl (C=O) groups is 1. The van der Waals surface area contributed by atoms with E-state index >= 15 is 0 Å². The number of allylic oxidation sites excluding steroid dienone is 1. The number of piperidine rings is 1. The van der Waals surface area contributed by atoms with Crippen LogP contribution in [0.5, 0.6) is 5.75 Å². The van der Waals surface area contributed by atoms with E-state index in [0.717, 1.165) is 37.2 Å². The Morgan fingerprint density at radius 1 is 1.36 bits per heavy atom. The first-order chi connectivity index (χ1) is 13.5. The first kappa shape index (κ1) is 17.6. The van der Waals surface area contributed by atoms with E-state index in [4.69, 9.17) is 14.2 Å². The molecule has 148 valence electrons. The second kappa shape index (κ2) is 6.55. The zero-order valence-electron chi connectivity index (χ0n) is 16.6. The first-order valence-corrected chi connectivity index (χ1v) is 10.1. The van der Waals surface area contributed by atoms with Gasteiger partial charge in [0.15, 0.2) is 0 Å². The Morgan fingerprint density at radius 3 is 3.00 bits per heavy atom. The lowest BCUT2D eigenvalue weighted by atomic mass is 9.74. The van der Waals surface area contributed by atoms with Gasteiger partial charge in [0, 0.05) is 42.7 Å². The molecule has 2 aromatic rings. The molecule has 6 nitrogen and oxygen atoms in total. The van der Waals surface area contributed by atoms with Gasteiger partial charge in [0.1, 0.15) is 29.9 Å². The van der Waals surface area contributed by atoms with Crippen LogP contribution in [0.2, 0.25) is 0 Å². The highest BCUT2D eigenvalue weighted by molar-refractivity contribution is 5.86. The Bertz CT molecular complexity index is 963. The van der Waals surface area contributed by atoms with E-state index in [9.17, 15) is 4.79 Å². The van der Waals surface area contributed by atoms with E-state index < -0.39 is 0 Å². The molecule has 0 spiro atoms. The van der Waals surface area contributed by atoms with E-state index in [1.54, 1.807) is 18.3 Å². The quantitative estimate of drug-likeness (QED) is 0.780. The summed E-state index contributed by atoms with van der Waals surface area (Å²) in [7, 11) is 1.70. The fraction of sp³-hybridized carbons (Fsp3) is 0.500. The summed E-state index contributed by atoms with van der Waals surface area (Å²) >= 11 is 0. The van der Waals surface area contributed by atoms with Crippen LogP contribution in [-0.4, -0.2) is 37.3 Å². The van der Waals surface area contributed by atoms with Gasteiger partial charge in [0.05, 0.1) is 31.8 Å². The third-order valence-corrected chi connectivity index (χ3v) is 6.82. The number of nitrogens with one attached hydrogen (secondary N) is 2. The number of hydrogen-bond acceptors (Lipinski definition) is 4. The molecule has 1 saturated heterocycles. The predicted octanol–water partition coefficient (Wildman–Crippen LogP) is 2.12. The molecule has 28 heavy (non-hydrogen) atoms. The van der Waals surface area contributed by atoms with E-state index in [1.165, 1.54) is 23.6 Å². The number of aromatic amines is 1. The number of benzene rings is 1. The molecule has 1 fully saturated rings. The summed E-state index contributed by atoms with van der Waals surface area (Å²) in [6.07, 6.45) is 3.85. The molecule has 1 aromatic carbocycles. The Balaban J connectivity index is 1.52. The van der Waals surface area contributed by atoms with E-state index in [-0.39, 0.29) is 18.0 Å². The summed E-state index contributed by atoms with van der Waals surface area (Å²) in [6.45, 7) is 5.74. The first-order valence-electron chi connectivity index (χ1n) is 10.1. The molecule has 0 saturated carbocycles. The van der Waals surface area contributed by atoms with Crippen molar-refractivity contribution in [2.24, 2.45) is 11.8 Å². The number of fused-ring (bicyclic) bond motifs is 6. The third kappa shape index (κ3) is 2.70. The molecule has 0 radical (unpaired) electrons. The Hall–Kier alpha value is -2.47. The molecule has 0 amide bonds. The average molecular weight is 383 g/mol. The molecular weight excluding hydrogens is 356 g/mol. The van der Waals surface area contributed by atoms with E-state index in [0.29, 0.717) is 17.7 Å². The highest BCUT2D eigenvalue weighted by Gasteiger charge is 2.49. The van der Waals surface area contributed by atoms with Crippen LogP contribution in [0.3, 0.4) is 0 Å². The van der Waals surface area contributed by atoms with Crippen molar-refractivity contribution in [1.82, 2.24) is 4.98 Å². The van der Waals surface area contributed by atoms with Crippen molar-refractivity contribution in [1.29, 1.82) is 0 Å². The maximum atomic E-state index is 11.6. The van der Waals surface area contributed by atoms with Crippen molar-refractivity contribution in [2.45, 2.75) is 38.8 Å². The maximum Gasteiger partial charge on any atom is 0.307 e. The van der Waals surface area contributed by atoms with E-state index in [1.807, 2.05) is 6.07 Å². The summed E-state index contributed by atoms with van der Waals surface area (Å²) in [5.41, 5.74) is 3.91. The number of hydrogen-bond donors (Lipinski definition) is 2. The van der Waals surface area contributed by atoms with Crippen LogP contribution < -0.4 is 9.64 Å². The summed E-state index contributed by atoms with van der Waals surface area (Å²) in [5.74, 6) is 1.88. The van der Waals surface area contributed by atoms with Gasteiger partial charge in [-0.2, -0.15) is 0 Å². The fourth-order valence-electron chi connectivity index (χ4n) is 5.46.